The topological polar surface area (TPSA) is 55.1 Å². The Morgan fingerprint density at radius 1 is 1.47 bits per heavy atom. The van der Waals surface area contributed by atoms with Gasteiger partial charge in [0.25, 0.3) is 5.91 Å². The molecule has 1 aliphatic carbocycles. The van der Waals surface area contributed by atoms with Gasteiger partial charge in [-0.25, -0.2) is 0 Å². The third kappa shape index (κ3) is 2.77. The van der Waals surface area contributed by atoms with E-state index in [9.17, 15) is 4.79 Å². The summed E-state index contributed by atoms with van der Waals surface area (Å²) in [5.74, 6) is 0.784. The highest BCUT2D eigenvalue weighted by Gasteiger charge is 2.21. The zero-order chi connectivity index (χ0) is 13.4. The number of nitrogen functional groups attached to an aromatic ring is 1. The minimum absolute atomic E-state index is 0.0459. The summed E-state index contributed by atoms with van der Waals surface area (Å²) in [5, 5.41) is 3.93. The van der Waals surface area contributed by atoms with Gasteiger partial charge >= 0.3 is 0 Å². The number of nitrogens with two attached hydrogens (primary N) is 1. The van der Waals surface area contributed by atoms with Gasteiger partial charge in [0.05, 0.1) is 5.69 Å². The number of hydrogen-bond donors (Lipinski definition) is 2. The number of hydrogen-bond acceptors (Lipinski definition) is 3. The lowest BCUT2D eigenvalue weighted by molar-refractivity contribution is 0.0957. The van der Waals surface area contributed by atoms with Crippen LogP contribution in [0, 0.1) is 5.92 Å². The number of carbonyl (C=O) groups is 1. The lowest BCUT2D eigenvalue weighted by Gasteiger charge is -2.03. The molecule has 1 amide bonds. The van der Waals surface area contributed by atoms with Gasteiger partial charge in [-0.15, -0.1) is 11.3 Å². The van der Waals surface area contributed by atoms with Crippen molar-refractivity contribution in [1.82, 2.24) is 5.32 Å². The van der Waals surface area contributed by atoms with Crippen molar-refractivity contribution in [2.45, 2.75) is 19.3 Å². The van der Waals surface area contributed by atoms with E-state index in [1.165, 1.54) is 24.2 Å². The molecule has 0 aliphatic heterocycles. The third-order valence-electron chi connectivity index (χ3n) is 3.43. The number of benzene rings is 1. The molecule has 0 atom stereocenters. The van der Waals surface area contributed by atoms with E-state index in [1.807, 2.05) is 18.2 Å². The van der Waals surface area contributed by atoms with E-state index < -0.39 is 0 Å². The summed E-state index contributed by atoms with van der Waals surface area (Å²) in [4.78, 5) is 12.8. The molecule has 5 heteroatoms. The van der Waals surface area contributed by atoms with E-state index in [-0.39, 0.29) is 5.91 Å². The SMILES string of the molecule is Nc1c(C(=O)NCCC2CC2)sc2cc(Br)ccc12. The molecular weight excluding hydrogens is 324 g/mol. The second-order valence-electron chi connectivity index (χ2n) is 4.97. The molecule has 3 nitrogen and oxygen atoms in total. The van der Waals surface area contributed by atoms with Crippen LogP contribution in [0.5, 0.6) is 0 Å². The maximum absolute atomic E-state index is 12.1. The Kier molecular flexibility index (Phi) is 3.50. The minimum Gasteiger partial charge on any atom is -0.397 e. The molecule has 1 fully saturated rings. The third-order valence-corrected chi connectivity index (χ3v) is 5.09. The van der Waals surface area contributed by atoms with E-state index in [1.54, 1.807) is 0 Å². The van der Waals surface area contributed by atoms with Gasteiger partial charge in [-0.3, -0.25) is 4.79 Å². The van der Waals surface area contributed by atoms with E-state index in [0.29, 0.717) is 10.6 Å². The highest BCUT2D eigenvalue weighted by atomic mass is 79.9. The number of carbonyl (C=O) groups excluding carboxylic acids is 1. The van der Waals surface area contributed by atoms with Gasteiger partial charge in [0, 0.05) is 21.1 Å². The Hall–Kier alpha value is -1.07. The number of halogens is 1. The van der Waals surface area contributed by atoms with Crippen molar-refractivity contribution in [3.8, 4) is 0 Å². The van der Waals surface area contributed by atoms with Gasteiger partial charge in [-0.1, -0.05) is 34.8 Å². The Balaban J connectivity index is 1.78. The quantitative estimate of drug-likeness (QED) is 0.891. The largest absolute Gasteiger partial charge is 0.397 e. The molecule has 0 unspecified atom stereocenters. The lowest BCUT2D eigenvalue weighted by Crippen LogP contribution is -2.24. The van der Waals surface area contributed by atoms with Crippen LogP contribution in [0.4, 0.5) is 5.69 Å². The van der Waals surface area contributed by atoms with Crippen molar-refractivity contribution < 1.29 is 4.79 Å². The first-order valence-corrected chi connectivity index (χ1v) is 8.02. The monoisotopic (exact) mass is 338 g/mol. The van der Waals surface area contributed by atoms with Crippen LogP contribution in [0.3, 0.4) is 0 Å². The Morgan fingerprint density at radius 3 is 3.00 bits per heavy atom. The van der Waals surface area contributed by atoms with E-state index in [0.717, 1.165) is 33.4 Å². The van der Waals surface area contributed by atoms with Gasteiger partial charge in [-0.2, -0.15) is 0 Å². The van der Waals surface area contributed by atoms with Gasteiger partial charge < -0.3 is 11.1 Å². The molecule has 1 aromatic heterocycles. The number of nitrogens with one attached hydrogen (secondary N) is 1. The molecule has 19 heavy (non-hydrogen) atoms. The molecule has 3 N–H and O–H groups in total. The van der Waals surface area contributed by atoms with Gasteiger partial charge in [0.15, 0.2) is 0 Å². The van der Waals surface area contributed by atoms with Crippen molar-refractivity contribution in [2.24, 2.45) is 5.92 Å². The summed E-state index contributed by atoms with van der Waals surface area (Å²) in [7, 11) is 0. The fourth-order valence-electron chi connectivity index (χ4n) is 2.14. The molecule has 1 heterocycles. The zero-order valence-electron chi connectivity index (χ0n) is 10.4. The Morgan fingerprint density at radius 2 is 2.26 bits per heavy atom. The van der Waals surface area contributed by atoms with Crippen molar-refractivity contribution in [3.63, 3.8) is 0 Å². The van der Waals surface area contributed by atoms with Crippen molar-refractivity contribution >= 4 is 48.9 Å². The average molecular weight is 339 g/mol. The number of fused-ring (bicyclic) bond motifs is 1. The van der Waals surface area contributed by atoms with Crippen LogP contribution >= 0.6 is 27.3 Å². The summed E-state index contributed by atoms with van der Waals surface area (Å²) < 4.78 is 2.04. The minimum atomic E-state index is -0.0459. The lowest BCUT2D eigenvalue weighted by atomic mass is 10.2. The van der Waals surface area contributed by atoms with E-state index >= 15 is 0 Å². The predicted molar refractivity (Wildman–Crippen MR) is 83.6 cm³/mol. The fourth-order valence-corrected chi connectivity index (χ4v) is 3.73. The Labute approximate surface area is 124 Å². The summed E-state index contributed by atoms with van der Waals surface area (Å²) >= 11 is 4.89. The number of thiophene rings is 1. The summed E-state index contributed by atoms with van der Waals surface area (Å²) in [6.07, 6.45) is 3.71. The van der Waals surface area contributed by atoms with Crippen LogP contribution in [0.2, 0.25) is 0 Å². The molecule has 1 aliphatic rings. The highest BCUT2D eigenvalue weighted by molar-refractivity contribution is 9.10. The second kappa shape index (κ2) is 5.13. The Bertz CT molecular complexity index is 634. The van der Waals surface area contributed by atoms with Gasteiger partial charge in [-0.05, 0) is 24.5 Å². The van der Waals surface area contributed by atoms with Gasteiger partial charge in [0.2, 0.25) is 0 Å². The maximum atomic E-state index is 12.1. The van der Waals surface area contributed by atoms with E-state index in [4.69, 9.17) is 5.73 Å². The first-order chi connectivity index (χ1) is 9.15. The molecule has 0 radical (unpaired) electrons. The molecule has 0 bridgehead atoms. The first kappa shape index (κ1) is 12.9. The average Bonchev–Trinajstić information content (AvgIpc) is 3.14. The highest BCUT2D eigenvalue weighted by Crippen LogP contribution is 2.35. The predicted octanol–water partition coefficient (Wildman–Crippen LogP) is 3.78. The van der Waals surface area contributed by atoms with E-state index in [2.05, 4.69) is 21.2 Å². The number of amides is 1. The van der Waals surface area contributed by atoms with Crippen LogP contribution in [0.15, 0.2) is 22.7 Å². The first-order valence-electron chi connectivity index (χ1n) is 6.41. The van der Waals surface area contributed by atoms with Crippen molar-refractivity contribution in [3.05, 3.63) is 27.5 Å². The maximum Gasteiger partial charge on any atom is 0.263 e. The normalized spacial score (nSPS) is 14.8. The number of rotatable bonds is 4. The fraction of sp³-hybridized carbons (Fsp3) is 0.357. The van der Waals surface area contributed by atoms with Crippen molar-refractivity contribution in [1.29, 1.82) is 0 Å². The van der Waals surface area contributed by atoms with Crippen LogP contribution < -0.4 is 11.1 Å². The summed E-state index contributed by atoms with van der Waals surface area (Å²) in [5.41, 5.74) is 6.66. The van der Waals surface area contributed by atoms with Crippen LogP contribution in [0.1, 0.15) is 28.9 Å². The standard InChI is InChI=1S/C14H15BrN2OS/c15-9-3-4-10-11(7-9)19-13(12(10)16)14(18)17-6-5-8-1-2-8/h3-4,7-8H,1-2,5-6,16H2,(H,17,18). The van der Waals surface area contributed by atoms with Crippen LogP contribution in [-0.4, -0.2) is 12.5 Å². The molecule has 0 saturated heterocycles. The molecule has 2 aromatic rings. The molecular formula is C14H15BrN2OS. The summed E-state index contributed by atoms with van der Waals surface area (Å²) in [6.45, 7) is 0.751. The molecule has 100 valence electrons. The second-order valence-corrected chi connectivity index (χ2v) is 6.94. The molecule has 3 rings (SSSR count). The molecule has 0 spiro atoms. The number of anilines is 1. The zero-order valence-corrected chi connectivity index (χ0v) is 12.8. The van der Waals surface area contributed by atoms with Crippen LogP contribution in [0.25, 0.3) is 10.1 Å². The summed E-state index contributed by atoms with van der Waals surface area (Å²) in [6, 6.07) is 5.89. The van der Waals surface area contributed by atoms with Crippen LogP contribution in [-0.2, 0) is 0 Å². The molecule has 1 aromatic carbocycles. The van der Waals surface area contributed by atoms with Gasteiger partial charge in [0.1, 0.15) is 4.88 Å². The smallest absolute Gasteiger partial charge is 0.263 e. The molecule has 1 saturated carbocycles. The van der Waals surface area contributed by atoms with Crippen molar-refractivity contribution in [2.75, 3.05) is 12.3 Å².